The molecule has 2 heteroatoms. The highest BCUT2D eigenvalue weighted by atomic mass is 14.7. The highest BCUT2D eigenvalue weighted by Gasteiger charge is 1.95. The molecule has 0 aliphatic carbocycles. The van der Waals surface area contributed by atoms with Crippen LogP contribution in [-0.2, 0) is 0 Å². The van der Waals surface area contributed by atoms with Crippen molar-refractivity contribution in [2.75, 3.05) is 0 Å². The molecule has 0 radical (unpaired) electrons. The molecule has 2 rings (SSSR count). The molecule has 2 aromatic rings. The summed E-state index contributed by atoms with van der Waals surface area (Å²) in [5.74, 6) is 0. The summed E-state index contributed by atoms with van der Waals surface area (Å²) in [6.45, 7) is 4.01. The van der Waals surface area contributed by atoms with Crippen LogP contribution in [0.3, 0.4) is 0 Å². The van der Waals surface area contributed by atoms with Crippen molar-refractivity contribution in [1.82, 2.24) is 9.97 Å². The molecule has 0 N–H and O–H groups in total. The first-order chi connectivity index (χ1) is 5.75. The minimum absolute atomic E-state index is 1.01. The number of pyridine rings is 2. The fourth-order valence-electron chi connectivity index (χ4n) is 1.23. The van der Waals surface area contributed by atoms with Gasteiger partial charge in [-0.3, -0.25) is 9.97 Å². The maximum atomic E-state index is 4.30. The van der Waals surface area contributed by atoms with Gasteiger partial charge in [-0.2, -0.15) is 0 Å². The maximum Gasteiger partial charge on any atom is 0.0735 e. The first-order valence-corrected chi connectivity index (χ1v) is 3.95. The largest absolute Gasteiger partial charge is 0.261 e. The molecule has 0 fully saturated rings. The molecule has 0 aliphatic heterocycles. The summed E-state index contributed by atoms with van der Waals surface area (Å²) in [5, 5.41) is 1.11. The molecule has 0 bridgehead atoms. The number of hydrogen-bond donors (Lipinski definition) is 0. The van der Waals surface area contributed by atoms with E-state index in [0.717, 1.165) is 16.6 Å². The van der Waals surface area contributed by atoms with Gasteiger partial charge in [-0.15, -0.1) is 0 Å². The number of rotatable bonds is 0. The monoisotopic (exact) mass is 158 g/mol. The Morgan fingerprint density at radius 3 is 2.67 bits per heavy atom. The fraction of sp³-hybridized carbons (Fsp3) is 0.200. The van der Waals surface area contributed by atoms with Crippen LogP contribution in [0, 0.1) is 13.8 Å². The van der Waals surface area contributed by atoms with Crippen molar-refractivity contribution < 1.29 is 0 Å². The third-order valence-corrected chi connectivity index (χ3v) is 1.84. The van der Waals surface area contributed by atoms with E-state index in [1.165, 1.54) is 5.56 Å². The number of fused-ring (bicyclic) bond motifs is 1. The molecule has 2 nitrogen and oxygen atoms in total. The van der Waals surface area contributed by atoms with Crippen molar-refractivity contribution in [2.45, 2.75) is 13.8 Å². The zero-order valence-electron chi connectivity index (χ0n) is 7.20. The van der Waals surface area contributed by atoms with Crippen molar-refractivity contribution in [1.29, 1.82) is 0 Å². The lowest BCUT2D eigenvalue weighted by atomic mass is 10.2. The molecule has 0 aromatic carbocycles. The number of hydrogen-bond acceptors (Lipinski definition) is 2. The number of aromatic nitrogens is 2. The van der Waals surface area contributed by atoms with Crippen LogP contribution in [0.1, 0.15) is 11.3 Å². The van der Waals surface area contributed by atoms with E-state index in [1.54, 1.807) is 0 Å². The zero-order chi connectivity index (χ0) is 8.55. The Morgan fingerprint density at radius 2 is 1.83 bits per heavy atom. The summed E-state index contributed by atoms with van der Waals surface area (Å²) < 4.78 is 0. The van der Waals surface area contributed by atoms with Gasteiger partial charge in [0.05, 0.1) is 5.52 Å². The van der Waals surface area contributed by atoms with Crippen molar-refractivity contribution in [3.63, 3.8) is 0 Å². The molecule has 12 heavy (non-hydrogen) atoms. The van der Waals surface area contributed by atoms with Crippen LogP contribution in [-0.4, -0.2) is 9.97 Å². The Bertz CT molecular complexity index is 380. The molecular weight excluding hydrogens is 148 g/mol. The van der Waals surface area contributed by atoms with E-state index in [0.29, 0.717) is 0 Å². The molecule has 0 spiro atoms. The topological polar surface area (TPSA) is 25.8 Å². The molecule has 60 valence electrons. The number of aryl methyl sites for hydroxylation is 2. The molecule has 0 unspecified atom stereocenters. The lowest BCUT2D eigenvalue weighted by Crippen LogP contribution is -1.85. The molecule has 0 atom stereocenters. The smallest absolute Gasteiger partial charge is 0.0735 e. The molecule has 0 amide bonds. The van der Waals surface area contributed by atoms with E-state index in [-0.39, 0.29) is 0 Å². The summed E-state index contributed by atoms with van der Waals surface area (Å²) in [5.41, 5.74) is 3.21. The Balaban J connectivity index is 2.79. The Hall–Kier alpha value is -1.44. The van der Waals surface area contributed by atoms with Crippen molar-refractivity contribution in [3.05, 3.63) is 35.8 Å². The third kappa shape index (κ3) is 1.16. The molecule has 0 saturated carbocycles. The highest BCUT2D eigenvalue weighted by Crippen LogP contribution is 2.11. The van der Waals surface area contributed by atoms with E-state index in [1.807, 2.05) is 32.3 Å². The summed E-state index contributed by atoms with van der Waals surface area (Å²) in [6, 6.07) is 4.09. The van der Waals surface area contributed by atoms with Gasteiger partial charge in [-0.25, -0.2) is 0 Å². The highest BCUT2D eigenvalue weighted by molar-refractivity contribution is 5.78. The zero-order valence-corrected chi connectivity index (χ0v) is 7.20. The summed E-state index contributed by atoms with van der Waals surface area (Å²) in [4.78, 5) is 8.51. The van der Waals surface area contributed by atoms with Gasteiger partial charge in [0.15, 0.2) is 0 Å². The Labute approximate surface area is 71.3 Å². The van der Waals surface area contributed by atoms with Crippen molar-refractivity contribution >= 4 is 10.9 Å². The standard InChI is InChI=1S/C10H10N2/c1-7-3-9-6-11-8(2)4-10(9)12-5-7/h3-6H,1-2H3. The lowest BCUT2D eigenvalue weighted by molar-refractivity contribution is 1.20. The molecule has 0 saturated heterocycles. The van der Waals surface area contributed by atoms with Crippen LogP contribution in [0.5, 0.6) is 0 Å². The van der Waals surface area contributed by atoms with Crippen molar-refractivity contribution in [2.24, 2.45) is 0 Å². The quantitative estimate of drug-likeness (QED) is 0.587. The summed E-state index contributed by atoms with van der Waals surface area (Å²) >= 11 is 0. The van der Waals surface area contributed by atoms with Crippen LogP contribution in [0.15, 0.2) is 24.5 Å². The van der Waals surface area contributed by atoms with E-state index >= 15 is 0 Å². The average molecular weight is 158 g/mol. The van der Waals surface area contributed by atoms with Gasteiger partial charge in [0.25, 0.3) is 0 Å². The molecule has 2 aromatic heterocycles. The van der Waals surface area contributed by atoms with Gasteiger partial charge < -0.3 is 0 Å². The van der Waals surface area contributed by atoms with Gasteiger partial charge in [0.2, 0.25) is 0 Å². The van der Waals surface area contributed by atoms with Crippen molar-refractivity contribution in [3.8, 4) is 0 Å². The van der Waals surface area contributed by atoms with Crippen LogP contribution in [0.4, 0.5) is 0 Å². The second-order valence-corrected chi connectivity index (χ2v) is 3.03. The summed E-state index contributed by atoms with van der Waals surface area (Å²) in [7, 11) is 0. The minimum atomic E-state index is 1.01. The van der Waals surface area contributed by atoms with E-state index < -0.39 is 0 Å². The van der Waals surface area contributed by atoms with Gasteiger partial charge >= 0.3 is 0 Å². The predicted octanol–water partition coefficient (Wildman–Crippen LogP) is 2.25. The van der Waals surface area contributed by atoms with Crippen LogP contribution >= 0.6 is 0 Å². The fourth-order valence-corrected chi connectivity index (χ4v) is 1.23. The van der Waals surface area contributed by atoms with E-state index in [9.17, 15) is 0 Å². The van der Waals surface area contributed by atoms with Crippen LogP contribution in [0.25, 0.3) is 10.9 Å². The second-order valence-electron chi connectivity index (χ2n) is 3.03. The Kier molecular flexibility index (Phi) is 1.54. The lowest BCUT2D eigenvalue weighted by Gasteiger charge is -1.98. The maximum absolute atomic E-state index is 4.30. The summed E-state index contributed by atoms with van der Waals surface area (Å²) in [6.07, 6.45) is 3.74. The minimum Gasteiger partial charge on any atom is -0.261 e. The van der Waals surface area contributed by atoms with Crippen LogP contribution < -0.4 is 0 Å². The normalized spacial score (nSPS) is 10.5. The second kappa shape index (κ2) is 2.55. The molecule has 2 heterocycles. The molecule has 0 aliphatic rings. The third-order valence-electron chi connectivity index (χ3n) is 1.84. The van der Waals surface area contributed by atoms with E-state index in [2.05, 4.69) is 16.0 Å². The SMILES string of the molecule is Cc1cnc2cc(C)ncc2c1. The molecular formula is C10H10N2. The van der Waals surface area contributed by atoms with Gasteiger partial charge in [-0.05, 0) is 31.5 Å². The van der Waals surface area contributed by atoms with Crippen LogP contribution in [0.2, 0.25) is 0 Å². The van der Waals surface area contributed by atoms with Gasteiger partial charge in [0, 0.05) is 23.5 Å². The van der Waals surface area contributed by atoms with Gasteiger partial charge in [-0.1, -0.05) is 0 Å². The first-order valence-electron chi connectivity index (χ1n) is 3.95. The first kappa shape index (κ1) is 7.22. The predicted molar refractivity (Wildman–Crippen MR) is 49.0 cm³/mol. The number of nitrogens with zero attached hydrogens (tertiary/aromatic N) is 2. The van der Waals surface area contributed by atoms with Gasteiger partial charge in [0.1, 0.15) is 0 Å². The average Bonchev–Trinajstić information content (AvgIpc) is 2.05. The Morgan fingerprint density at radius 1 is 1.00 bits per heavy atom. The van der Waals surface area contributed by atoms with E-state index in [4.69, 9.17) is 0 Å².